The van der Waals surface area contributed by atoms with Crippen LogP contribution in [0.5, 0.6) is 0 Å². The summed E-state index contributed by atoms with van der Waals surface area (Å²) < 4.78 is 38.0. The van der Waals surface area contributed by atoms with Crippen molar-refractivity contribution in [3.63, 3.8) is 0 Å². The summed E-state index contributed by atoms with van der Waals surface area (Å²) >= 11 is 2.91. The molecule has 0 saturated carbocycles. The van der Waals surface area contributed by atoms with Crippen molar-refractivity contribution in [2.24, 2.45) is 0 Å². The number of nitrogens with one attached hydrogen (secondary N) is 1. The predicted octanol–water partition coefficient (Wildman–Crippen LogP) is 1.72. The second-order valence-corrected chi connectivity index (χ2v) is 5.91. The summed E-state index contributed by atoms with van der Waals surface area (Å²) in [6.07, 6.45) is 0. The van der Waals surface area contributed by atoms with Crippen LogP contribution in [0.3, 0.4) is 0 Å². The number of sulfonamides is 1. The molecule has 0 bridgehead atoms. The van der Waals surface area contributed by atoms with Gasteiger partial charge in [-0.25, -0.2) is 12.8 Å². The highest BCUT2D eigenvalue weighted by molar-refractivity contribution is 9.10. The monoisotopic (exact) mass is 325 g/mol. The second kappa shape index (κ2) is 5.01. The van der Waals surface area contributed by atoms with Gasteiger partial charge in [-0.05, 0) is 40.5 Å². The normalized spacial score (nSPS) is 11.2. The van der Waals surface area contributed by atoms with Crippen LogP contribution in [0.15, 0.2) is 16.6 Å². The highest BCUT2D eigenvalue weighted by atomic mass is 79.9. The van der Waals surface area contributed by atoms with Crippen LogP contribution in [-0.2, 0) is 14.8 Å². The average molecular weight is 326 g/mol. The maximum atomic E-state index is 13.1. The molecule has 0 atom stereocenters. The van der Waals surface area contributed by atoms with Crippen molar-refractivity contribution in [3.05, 3.63) is 28.0 Å². The molecular formula is C9H9BrFNO4S. The van der Waals surface area contributed by atoms with Crippen LogP contribution in [-0.4, -0.2) is 25.2 Å². The number of benzene rings is 1. The molecule has 8 heteroatoms. The maximum Gasteiger partial charge on any atom is 0.320 e. The standard InChI is InChI=1S/C9H9BrFNO4S/c1-5-2-7(11)6(10)3-8(5)12-17(15,16)4-9(13)14/h2-3,12H,4H2,1H3,(H,13,14). The Labute approximate surface area is 106 Å². The summed E-state index contributed by atoms with van der Waals surface area (Å²) in [6.45, 7) is 1.51. The molecular weight excluding hydrogens is 317 g/mol. The largest absolute Gasteiger partial charge is 0.480 e. The van der Waals surface area contributed by atoms with E-state index in [4.69, 9.17) is 5.11 Å². The third-order valence-electron chi connectivity index (χ3n) is 1.85. The zero-order chi connectivity index (χ0) is 13.2. The summed E-state index contributed by atoms with van der Waals surface area (Å²) in [5.74, 6) is -3.03. The van der Waals surface area contributed by atoms with E-state index in [2.05, 4.69) is 20.7 Å². The minimum atomic E-state index is -3.98. The maximum absolute atomic E-state index is 13.1. The predicted molar refractivity (Wildman–Crippen MR) is 63.9 cm³/mol. The Morgan fingerprint density at radius 3 is 2.65 bits per heavy atom. The zero-order valence-electron chi connectivity index (χ0n) is 8.70. The van der Waals surface area contributed by atoms with Crippen LogP contribution in [0, 0.1) is 12.7 Å². The molecule has 0 heterocycles. The van der Waals surface area contributed by atoms with Crippen molar-refractivity contribution >= 4 is 37.6 Å². The molecule has 0 aromatic heterocycles. The first-order valence-corrected chi connectivity index (χ1v) is 6.84. The molecule has 17 heavy (non-hydrogen) atoms. The summed E-state index contributed by atoms with van der Waals surface area (Å²) in [6, 6.07) is 2.38. The highest BCUT2D eigenvalue weighted by Crippen LogP contribution is 2.24. The van der Waals surface area contributed by atoms with Crippen molar-refractivity contribution in [1.29, 1.82) is 0 Å². The highest BCUT2D eigenvalue weighted by Gasteiger charge is 2.17. The minimum Gasteiger partial charge on any atom is -0.480 e. The molecule has 1 aromatic rings. The molecule has 0 radical (unpaired) electrons. The quantitative estimate of drug-likeness (QED) is 0.882. The number of carboxylic acid groups (broad SMARTS) is 1. The Balaban J connectivity index is 3.04. The van der Waals surface area contributed by atoms with Crippen LogP contribution in [0.4, 0.5) is 10.1 Å². The average Bonchev–Trinajstić information content (AvgIpc) is 2.11. The number of anilines is 1. The van der Waals surface area contributed by atoms with Crippen molar-refractivity contribution < 1.29 is 22.7 Å². The minimum absolute atomic E-state index is 0.0936. The fourth-order valence-electron chi connectivity index (χ4n) is 1.12. The molecule has 0 fully saturated rings. The van der Waals surface area contributed by atoms with Gasteiger partial charge in [-0.3, -0.25) is 9.52 Å². The third-order valence-corrected chi connectivity index (χ3v) is 3.61. The van der Waals surface area contributed by atoms with E-state index in [1.54, 1.807) is 0 Å². The molecule has 1 aromatic carbocycles. The first-order valence-electron chi connectivity index (χ1n) is 4.39. The Morgan fingerprint density at radius 1 is 1.53 bits per heavy atom. The van der Waals surface area contributed by atoms with Gasteiger partial charge in [0.25, 0.3) is 0 Å². The van der Waals surface area contributed by atoms with E-state index >= 15 is 0 Å². The Morgan fingerprint density at radius 2 is 2.12 bits per heavy atom. The number of aliphatic carboxylic acids is 1. The van der Waals surface area contributed by atoms with Gasteiger partial charge in [0.1, 0.15) is 5.82 Å². The lowest BCUT2D eigenvalue weighted by Crippen LogP contribution is -2.22. The van der Waals surface area contributed by atoms with E-state index in [-0.39, 0.29) is 10.2 Å². The second-order valence-electron chi connectivity index (χ2n) is 3.34. The van der Waals surface area contributed by atoms with E-state index in [1.165, 1.54) is 13.0 Å². The number of rotatable bonds is 4. The van der Waals surface area contributed by atoms with Crippen LogP contribution >= 0.6 is 15.9 Å². The number of hydrogen-bond donors (Lipinski definition) is 2. The molecule has 0 unspecified atom stereocenters. The number of carboxylic acids is 1. The van der Waals surface area contributed by atoms with Gasteiger partial charge in [0.05, 0.1) is 10.2 Å². The molecule has 0 aliphatic heterocycles. The van der Waals surface area contributed by atoms with Crippen molar-refractivity contribution in [2.75, 3.05) is 10.5 Å². The third kappa shape index (κ3) is 3.97. The molecule has 2 N–H and O–H groups in total. The van der Waals surface area contributed by atoms with Crippen LogP contribution < -0.4 is 4.72 Å². The van der Waals surface area contributed by atoms with E-state index in [1.807, 2.05) is 0 Å². The SMILES string of the molecule is Cc1cc(F)c(Br)cc1NS(=O)(=O)CC(=O)O. The Hall–Kier alpha value is -1.15. The van der Waals surface area contributed by atoms with E-state index in [9.17, 15) is 17.6 Å². The van der Waals surface area contributed by atoms with Gasteiger partial charge in [-0.2, -0.15) is 0 Å². The van der Waals surface area contributed by atoms with Gasteiger partial charge >= 0.3 is 5.97 Å². The summed E-state index contributed by atoms with van der Waals surface area (Å²) in [5.41, 5.74) is 0.499. The molecule has 0 amide bonds. The summed E-state index contributed by atoms with van der Waals surface area (Å²) in [7, 11) is -3.98. The summed E-state index contributed by atoms with van der Waals surface area (Å²) in [4.78, 5) is 10.3. The lowest BCUT2D eigenvalue weighted by molar-refractivity contribution is -0.134. The van der Waals surface area contributed by atoms with Crippen LogP contribution in [0.25, 0.3) is 0 Å². The number of carbonyl (C=O) groups is 1. The topological polar surface area (TPSA) is 83.5 Å². The van der Waals surface area contributed by atoms with E-state index in [0.29, 0.717) is 5.56 Å². The number of hydrogen-bond acceptors (Lipinski definition) is 3. The number of halogens is 2. The molecule has 0 spiro atoms. The van der Waals surface area contributed by atoms with Crippen molar-refractivity contribution in [1.82, 2.24) is 0 Å². The van der Waals surface area contributed by atoms with Gasteiger partial charge in [-0.15, -0.1) is 0 Å². The smallest absolute Gasteiger partial charge is 0.320 e. The van der Waals surface area contributed by atoms with Gasteiger partial charge in [-0.1, -0.05) is 0 Å². The van der Waals surface area contributed by atoms with Gasteiger partial charge in [0, 0.05) is 0 Å². The molecule has 5 nitrogen and oxygen atoms in total. The fraction of sp³-hybridized carbons (Fsp3) is 0.222. The molecule has 94 valence electrons. The molecule has 1 rings (SSSR count). The van der Waals surface area contributed by atoms with Crippen molar-refractivity contribution in [3.8, 4) is 0 Å². The summed E-state index contributed by atoms with van der Waals surface area (Å²) in [5, 5.41) is 8.41. The van der Waals surface area contributed by atoms with Crippen molar-refractivity contribution in [2.45, 2.75) is 6.92 Å². The Kier molecular flexibility index (Phi) is 4.10. The van der Waals surface area contributed by atoms with Gasteiger partial charge < -0.3 is 5.11 Å². The van der Waals surface area contributed by atoms with E-state index in [0.717, 1.165) is 6.07 Å². The first-order chi connectivity index (χ1) is 7.71. The zero-order valence-corrected chi connectivity index (χ0v) is 11.1. The van der Waals surface area contributed by atoms with Gasteiger partial charge in [0.2, 0.25) is 10.0 Å². The molecule has 0 aliphatic rings. The number of aryl methyl sites for hydroxylation is 1. The van der Waals surface area contributed by atoms with Gasteiger partial charge in [0.15, 0.2) is 5.75 Å². The Bertz CT molecular complexity index is 558. The molecule has 0 saturated heterocycles. The first kappa shape index (κ1) is 13.9. The lowest BCUT2D eigenvalue weighted by atomic mass is 10.2. The van der Waals surface area contributed by atoms with E-state index < -0.39 is 27.6 Å². The van der Waals surface area contributed by atoms with Crippen LogP contribution in [0.1, 0.15) is 5.56 Å². The molecule has 0 aliphatic carbocycles. The fourth-order valence-corrected chi connectivity index (χ4v) is 2.42. The van der Waals surface area contributed by atoms with Crippen LogP contribution in [0.2, 0.25) is 0 Å². The lowest BCUT2D eigenvalue weighted by Gasteiger charge is -2.10.